The number of anilines is 1. The molecule has 0 aliphatic carbocycles. The highest BCUT2D eigenvalue weighted by Gasteiger charge is 2.06. The molecule has 0 radical (unpaired) electrons. The van der Waals surface area contributed by atoms with Gasteiger partial charge in [-0.15, -0.1) is 0 Å². The first-order valence-corrected chi connectivity index (χ1v) is 5.57. The molecule has 0 saturated carbocycles. The number of hydrogen-bond acceptors (Lipinski definition) is 1. The average molecular weight is 272 g/mol. The quantitative estimate of drug-likeness (QED) is 0.874. The second kappa shape index (κ2) is 5.31. The molecule has 0 fully saturated rings. The molecule has 0 saturated heterocycles. The zero-order valence-electron chi connectivity index (χ0n) is 9.18. The van der Waals surface area contributed by atoms with E-state index < -0.39 is 17.5 Å². The molecule has 0 unspecified atom stereocenters. The molecule has 0 atom stereocenters. The maximum absolute atomic E-state index is 13.3. The van der Waals surface area contributed by atoms with Crippen molar-refractivity contribution in [2.24, 2.45) is 0 Å². The van der Waals surface area contributed by atoms with Crippen LogP contribution in [0.5, 0.6) is 0 Å². The Morgan fingerprint density at radius 1 is 0.944 bits per heavy atom. The van der Waals surface area contributed by atoms with Crippen LogP contribution in [0.25, 0.3) is 0 Å². The van der Waals surface area contributed by atoms with Crippen molar-refractivity contribution in [3.8, 4) is 0 Å². The molecule has 18 heavy (non-hydrogen) atoms. The Balaban J connectivity index is 2.16. The Kier molecular flexibility index (Phi) is 3.77. The molecule has 0 aromatic heterocycles. The van der Waals surface area contributed by atoms with Gasteiger partial charge in [0.25, 0.3) is 0 Å². The van der Waals surface area contributed by atoms with Crippen molar-refractivity contribution < 1.29 is 13.2 Å². The summed E-state index contributed by atoms with van der Waals surface area (Å²) in [5, 5.41) is 3.03. The molecule has 94 valence electrons. The highest BCUT2D eigenvalue weighted by molar-refractivity contribution is 6.31. The molecule has 2 aromatic carbocycles. The Bertz CT molecular complexity index is 521. The van der Waals surface area contributed by atoms with E-state index in [1.807, 2.05) is 0 Å². The summed E-state index contributed by atoms with van der Waals surface area (Å²) in [6.45, 7) is 0.108. The van der Waals surface area contributed by atoms with Gasteiger partial charge >= 0.3 is 0 Å². The minimum atomic E-state index is -0.580. The molecular formula is C13H9ClF3N. The lowest BCUT2D eigenvalue weighted by molar-refractivity contribution is 0.602. The first kappa shape index (κ1) is 12.8. The van der Waals surface area contributed by atoms with Crippen molar-refractivity contribution in [2.75, 3.05) is 5.32 Å². The predicted molar refractivity (Wildman–Crippen MR) is 65.1 cm³/mol. The molecule has 0 bridgehead atoms. The van der Waals surface area contributed by atoms with Crippen molar-refractivity contribution in [3.63, 3.8) is 0 Å². The van der Waals surface area contributed by atoms with Crippen LogP contribution in [0.3, 0.4) is 0 Å². The van der Waals surface area contributed by atoms with Gasteiger partial charge < -0.3 is 5.32 Å². The molecule has 1 N–H and O–H groups in total. The van der Waals surface area contributed by atoms with Crippen LogP contribution in [0.1, 0.15) is 5.56 Å². The summed E-state index contributed by atoms with van der Waals surface area (Å²) in [4.78, 5) is 0. The number of hydrogen-bond donors (Lipinski definition) is 1. The monoisotopic (exact) mass is 271 g/mol. The lowest BCUT2D eigenvalue weighted by atomic mass is 10.2. The summed E-state index contributed by atoms with van der Waals surface area (Å²) in [6, 6.07) is 6.96. The summed E-state index contributed by atoms with van der Waals surface area (Å²) < 4.78 is 39.2. The molecule has 0 amide bonds. The van der Waals surface area contributed by atoms with Gasteiger partial charge in [0, 0.05) is 11.6 Å². The van der Waals surface area contributed by atoms with Gasteiger partial charge in [-0.05, 0) is 42.0 Å². The molecule has 1 nitrogen and oxygen atoms in total. The third-order valence-corrected chi connectivity index (χ3v) is 2.77. The summed E-state index contributed by atoms with van der Waals surface area (Å²) in [6.07, 6.45) is 0. The summed E-state index contributed by atoms with van der Waals surface area (Å²) >= 11 is 5.86. The molecular weight excluding hydrogens is 263 g/mol. The normalized spacial score (nSPS) is 10.4. The van der Waals surface area contributed by atoms with E-state index in [0.29, 0.717) is 10.6 Å². The van der Waals surface area contributed by atoms with Crippen LogP contribution in [0.15, 0.2) is 36.4 Å². The fourth-order valence-electron chi connectivity index (χ4n) is 1.50. The highest BCUT2D eigenvalue weighted by atomic mass is 35.5. The summed E-state index contributed by atoms with van der Waals surface area (Å²) in [5.74, 6) is -1.57. The SMILES string of the molecule is Fc1ccc(Cl)c(CNc2cc(F)ccc2F)c1. The van der Waals surface area contributed by atoms with E-state index in [1.54, 1.807) is 0 Å². The van der Waals surface area contributed by atoms with Crippen LogP contribution < -0.4 is 5.32 Å². The number of nitrogens with one attached hydrogen (secondary N) is 1. The fraction of sp³-hybridized carbons (Fsp3) is 0.0769. The third kappa shape index (κ3) is 2.96. The van der Waals surface area contributed by atoms with E-state index in [0.717, 1.165) is 18.2 Å². The molecule has 0 aliphatic rings. The Morgan fingerprint density at radius 3 is 2.39 bits per heavy atom. The van der Waals surface area contributed by atoms with Gasteiger partial charge in [-0.25, -0.2) is 13.2 Å². The fourth-order valence-corrected chi connectivity index (χ4v) is 1.69. The first-order valence-electron chi connectivity index (χ1n) is 5.19. The topological polar surface area (TPSA) is 12.0 Å². The Labute approximate surface area is 107 Å². The van der Waals surface area contributed by atoms with Crippen molar-refractivity contribution >= 4 is 17.3 Å². The minimum Gasteiger partial charge on any atom is -0.378 e. The second-order valence-corrected chi connectivity index (χ2v) is 4.12. The largest absolute Gasteiger partial charge is 0.378 e. The molecule has 2 rings (SSSR count). The van der Waals surface area contributed by atoms with Crippen molar-refractivity contribution in [3.05, 3.63) is 64.4 Å². The van der Waals surface area contributed by atoms with Gasteiger partial charge in [0.1, 0.15) is 17.5 Å². The Hall–Kier alpha value is -1.68. The first-order chi connectivity index (χ1) is 8.56. The van der Waals surface area contributed by atoms with Gasteiger partial charge in [-0.1, -0.05) is 11.6 Å². The lowest BCUT2D eigenvalue weighted by Gasteiger charge is -2.09. The van der Waals surface area contributed by atoms with E-state index in [-0.39, 0.29) is 12.2 Å². The van der Waals surface area contributed by atoms with Crippen LogP contribution in [0.4, 0.5) is 18.9 Å². The van der Waals surface area contributed by atoms with Crippen LogP contribution >= 0.6 is 11.6 Å². The summed E-state index contributed by atoms with van der Waals surface area (Å²) in [5.41, 5.74) is 0.482. The zero-order chi connectivity index (χ0) is 13.1. The predicted octanol–water partition coefficient (Wildman–Crippen LogP) is 4.37. The molecule has 2 aromatic rings. The van der Waals surface area contributed by atoms with E-state index in [1.165, 1.54) is 18.2 Å². The average Bonchev–Trinajstić information content (AvgIpc) is 2.34. The van der Waals surface area contributed by atoms with Gasteiger partial charge in [0.2, 0.25) is 0 Å². The minimum absolute atomic E-state index is 0.00956. The molecule has 0 spiro atoms. The Morgan fingerprint density at radius 2 is 1.61 bits per heavy atom. The highest BCUT2D eigenvalue weighted by Crippen LogP contribution is 2.20. The molecule has 5 heteroatoms. The van der Waals surface area contributed by atoms with Gasteiger partial charge in [-0.2, -0.15) is 0 Å². The van der Waals surface area contributed by atoms with E-state index in [4.69, 9.17) is 11.6 Å². The van der Waals surface area contributed by atoms with Gasteiger partial charge in [0.15, 0.2) is 0 Å². The van der Waals surface area contributed by atoms with E-state index in [9.17, 15) is 13.2 Å². The maximum atomic E-state index is 13.3. The van der Waals surface area contributed by atoms with Crippen molar-refractivity contribution in [1.29, 1.82) is 0 Å². The third-order valence-electron chi connectivity index (χ3n) is 2.41. The number of benzene rings is 2. The smallest absolute Gasteiger partial charge is 0.146 e. The van der Waals surface area contributed by atoms with Crippen LogP contribution in [-0.2, 0) is 6.54 Å². The van der Waals surface area contributed by atoms with Crippen LogP contribution in [-0.4, -0.2) is 0 Å². The second-order valence-electron chi connectivity index (χ2n) is 3.71. The number of halogens is 4. The van der Waals surface area contributed by atoms with Crippen LogP contribution in [0.2, 0.25) is 5.02 Å². The van der Waals surface area contributed by atoms with Gasteiger partial charge in [-0.3, -0.25) is 0 Å². The van der Waals surface area contributed by atoms with E-state index >= 15 is 0 Å². The number of rotatable bonds is 3. The van der Waals surface area contributed by atoms with Crippen molar-refractivity contribution in [1.82, 2.24) is 0 Å². The zero-order valence-corrected chi connectivity index (χ0v) is 9.94. The van der Waals surface area contributed by atoms with E-state index in [2.05, 4.69) is 5.32 Å². The standard InChI is InChI=1S/C13H9ClF3N/c14-11-3-1-9(15)5-8(11)7-18-13-6-10(16)2-4-12(13)17/h1-6,18H,7H2. The van der Waals surface area contributed by atoms with Gasteiger partial charge in [0.05, 0.1) is 5.69 Å². The van der Waals surface area contributed by atoms with Crippen molar-refractivity contribution in [2.45, 2.75) is 6.54 Å². The van der Waals surface area contributed by atoms with Crippen LogP contribution in [0, 0.1) is 17.5 Å². The molecule has 0 aliphatic heterocycles. The maximum Gasteiger partial charge on any atom is 0.146 e. The molecule has 0 heterocycles. The summed E-state index contributed by atoms with van der Waals surface area (Å²) in [7, 11) is 0. The lowest BCUT2D eigenvalue weighted by Crippen LogP contribution is -2.03.